The van der Waals surface area contributed by atoms with E-state index >= 15 is 0 Å². The van der Waals surface area contributed by atoms with Crippen LogP contribution in [0.2, 0.25) is 0 Å². The average molecular weight is 239 g/mol. The van der Waals surface area contributed by atoms with Crippen molar-refractivity contribution in [2.75, 3.05) is 6.61 Å². The number of rotatable bonds is 5. The van der Waals surface area contributed by atoms with E-state index in [9.17, 15) is 4.79 Å². The fourth-order valence-corrected chi connectivity index (χ4v) is 2.08. The first-order valence-corrected chi connectivity index (χ1v) is 6.15. The molecule has 1 unspecified atom stereocenters. The van der Waals surface area contributed by atoms with Crippen LogP contribution in [0.3, 0.4) is 0 Å². The Labute approximate surface area is 99.8 Å². The summed E-state index contributed by atoms with van der Waals surface area (Å²) in [6.45, 7) is 3.98. The van der Waals surface area contributed by atoms with Crippen molar-refractivity contribution in [2.24, 2.45) is 0 Å². The lowest BCUT2D eigenvalue weighted by Crippen LogP contribution is -2.31. The zero-order valence-corrected chi connectivity index (χ0v) is 10.4. The van der Waals surface area contributed by atoms with Crippen molar-refractivity contribution in [2.45, 2.75) is 26.3 Å². The van der Waals surface area contributed by atoms with Crippen LogP contribution in [0.15, 0.2) is 17.5 Å². The number of carbonyl (C=O) groups excluding carboxylic acids is 1. The van der Waals surface area contributed by atoms with Crippen LogP contribution in [0.5, 0.6) is 0 Å². The van der Waals surface area contributed by atoms with Gasteiger partial charge in [-0.2, -0.15) is 0 Å². The van der Waals surface area contributed by atoms with Crippen LogP contribution in [0.25, 0.3) is 6.08 Å². The third kappa shape index (κ3) is 4.16. The Hall–Kier alpha value is -1.13. The fraction of sp³-hybridized carbons (Fsp3) is 0.417. The third-order valence-electron chi connectivity index (χ3n) is 2.24. The van der Waals surface area contributed by atoms with Gasteiger partial charge in [-0.1, -0.05) is 0 Å². The number of hydrogen-bond acceptors (Lipinski definition) is 3. The standard InChI is InChI=1S/C12H17NO2S/c1-9-6-8-16-11(9)3-4-12(15)13-10(2)5-7-14/h3-4,6,8,10,14H,5,7H2,1-2H3,(H,13,15)/b4-3+. The summed E-state index contributed by atoms with van der Waals surface area (Å²) in [6.07, 6.45) is 3.94. The Morgan fingerprint density at radius 3 is 3.00 bits per heavy atom. The van der Waals surface area contributed by atoms with Gasteiger partial charge in [0.25, 0.3) is 0 Å². The lowest BCUT2D eigenvalue weighted by atomic mass is 10.2. The van der Waals surface area contributed by atoms with E-state index in [4.69, 9.17) is 5.11 Å². The Bertz CT molecular complexity index is 371. The molecule has 0 aliphatic heterocycles. The molecule has 0 saturated carbocycles. The van der Waals surface area contributed by atoms with Gasteiger partial charge in [0, 0.05) is 23.6 Å². The number of aryl methyl sites for hydroxylation is 1. The maximum Gasteiger partial charge on any atom is 0.244 e. The quantitative estimate of drug-likeness (QED) is 0.772. The zero-order chi connectivity index (χ0) is 12.0. The summed E-state index contributed by atoms with van der Waals surface area (Å²) in [5.41, 5.74) is 1.18. The van der Waals surface area contributed by atoms with E-state index in [-0.39, 0.29) is 18.6 Å². The van der Waals surface area contributed by atoms with Crippen molar-refractivity contribution in [3.8, 4) is 0 Å². The smallest absolute Gasteiger partial charge is 0.244 e. The summed E-state index contributed by atoms with van der Waals surface area (Å²) in [6, 6.07) is 2.03. The molecule has 0 spiro atoms. The number of nitrogens with one attached hydrogen (secondary N) is 1. The highest BCUT2D eigenvalue weighted by atomic mass is 32.1. The van der Waals surface area contributed by atoms with Gasteiger partial charge >= 0.3 is 0 Å². The largest absolute Gasteiger partial charge is 0.396 e. The number of carbonyl (C=O) groups is 1. The highest BCUT2D eigenvalue weighted by molar-refractivity contribution is 7.11. The van der Waals surface area contributed by atoms with Crippen LogP contribution in [0.1, 0.15) is 23.8 Å². The summed E-state index contributed by atoms with van der Waals surface area (Å²) in [5.74, 6) is -0.117. The molecule has 0 aliphatic rings. The molecule has 1 atom stereocenters. The third-order valence-corrected chi connectivity index (χ3v) is 3.22. The Morgan fingerprint density at radius 1 is 1.69 bits per heavy atom. The van der Waals surface area contributed by atoms with E-state index in [0.717, 1.165) is 4.88 Å². The second kappa shape index (κ2) is 6.45. The molecule has 0 bridgehead atoms. The molecule has 0 saturated heterocycles. The van der Waals surface area contributed by atoms with Crippen LogP contribution < -0.4 is 5.32 Å². The summed E-state index contributed by atoms with van der Waals surface area (Å²) in [7, 11) is 0. The van der Waals surface area contributed by atoms with E-state index in [1.165, 1.54) is 11.6 Å². The molecule has 1 amide bonds. The number of aliphatic hydroxyl groups excluding tert-OH is 1. The minimum absolute atomic E-state index is 0.00610. The monoisotopic (exact) mass is 239 g/mol. The van der Waals surface area contributed by atoms with E-state index < -0.39 is 0 Å². The van der Waals surface area contributed by atoms with Crippen LogP contribution in [0.4, 0.5) is 0 Å². The SMILES string of the molecule is Cc1ccsc1/C=C/C(=O)NC(C)CCO. The van der Waals surface area contributed by atoms with Crippen molar-refractivity contribution in [1.29, 1.82) is 0 Å². The van der Waals surface area contributed by atoms with Gasteiger partial charge in [-0.05, 0) is 43.4 Å². The van der Waals surface area contributed by atoms with Crippen LogP contribution in [-0.2, 0) is 4.79 Å². The van der Waals surface area contributed by atoms with Crippen LogP contribution in [-0.4, -0.2) is 23.7 Å². The number of thiophene rings is 1. The first-order chi connectivity index (χ1) is 7.63. The normalized spacial score (nSPS) is 12.9. The highest BCUT2D eigenvalue weighted by Crippen LogP contribution is 2.16. The van der Waals surface area contributed by atoms with E-state index in [2.05, 4.69) is 5.32 Å². The van der Waals surface area contributed by atoms with E-state index in [1.807, 2.05) is 31.4 Å². The second-order valence-electron chi connectivity index (χ2n) is 3.72. The lowest BCUT2D eigenvalue weighted by molar-refractivity contribution is -0.117. The number of hydrogen-bond donors (Lipinski definition) is 2. The van der Waals surface area contributed by atoms with Gasteiger partial charge in [0.15, 0.2) is 0 Å². The molecular formula is C12H17NO2S. The molecule has 88 valence electrons. The molecule has 0 aliphatic carbocycles. The minimum Gasteiger partial charge on any atom is -0.396 e. The van der Waals surface area contributed by atoms with Crippen molar-refractivity contribution in [3.63, 3.8) is 0 Å². The predicted octanol–water partition coefficient (Wildman–Crippen LogP) is 1.96. The molecule has 1 rings (SSSR count). The second-order valence-corrected chi connectivity index (χ2v) is 4.67. The van der Waals surface area contributed by atoms with Crippen molar-refractivity contribution in [1.82, 2.24) is 5.32 Å². The van der Waals surface area contributed by atoms with Crippen LogP contribution in [0, 0.1) is 6.92 Å². The minimum atomic E-state index is -0.117. The number of amides is 1. The van der Waals surface area contributed by atoms with Gasteiger partial charge < -0.3 is 10.4 Å². The Balaban J connectivity index is 2.45. The molecule has 1 aromatic heterocycles. The molecule has 1 heterocycles. The molecule has 3 nitrogen and oxygen atoms in total. The molecule has 4 heteroatoms. The molecule has 16 heavy (non-hydrogen) atoms. The highest BCUT2D eigenvalue weighted by Gasteiger charge is 2.03. The topological polar surface area (TPSA) is 49.3 Å². The van der Waals surface area contributed by atoms with Gasteiger partial charge in [0.1, 0.15) is 0 Å². The first-order valence-electron chi connectivity index (χ1n) is 5.27. The number of aliphatic hydroxyl groups is 1. The van der Waals surface area contributed by atoms with Gasteiger partial charge in [0.2, 0.25) is 5.91 Å². The molecular weight excluding hydrogens is 222 g/mol. The molecule has 0 fully saturated rings. The first kappa shape index (κ1) is 12.9. The molecule has 2 N–H and O–H groups in total. The van der Waals surface area contributed by atoms with Gasteiger partial charge in [-0.25, -0.2) is 0 Å². The molecule has 1 aromatic rings. The van der Waals surface area contributed by atoms with Crippen molar-refractivity contribution in [3.05, 3.63) is 28.0 Å². The maximum atomic E-state index is 11.5. The summed E-state index contributed by atoms with van der Waals surface area (Å²) in [4.78, 5) is 12.6. The van der Waals surface area contributed by atoms with Crippen LogP contribution >= 0.6 is 11.3 Å². The molecule has 0 aromatic carbocycles. The summed E-state index contributed by atoms with van der Waals surface area (Å²) in [5, 5.41) is 13.5. The van der Waals surface area contributed by atoms with Crippen molar-refractivity contribution < 1.29 is 9.90 Å². The average Bonchev–Trinajstić information content (AvgIpc) is 2.61. The van der Waals surface area contributed by atoms with E-state index in [0.29, 0.717) is 6.42 Å². The van der Waals surface area contributed by atoms with Crippen molar-refractivity contribution >= 4 is 23.3 Å². The Morgan fingerprint density at radius 2 is 2.44 bits per heavy atom. The molecule has 0 radical (unpaired) electrons. The zero-order valence-electron chi connectivity index (χ0n) is 9.56. The summed E-state index contributed by atoms with van der Waals surface area (Å²) < 4.78 is 0. The van der Waals surface area contributed by atoms with Gasteiger partial charge in [0.05, 0.1) is 0 Å². The Kier molecular flexibility index (Phi) is 5.22. The maximum absolute atomic E-state index is 11.5. The van der Waals surface area contributed by atoms with Gasteiger partial charge in [-0.15, -0.1) is 11.3 Å². The summed E-state index contributed by atoms with van der Waals surface area (Å²) >= 11 is 1.61. The fourth-order valence-electron chi connectivity index (χ4n) is 1.26. The lowest BCUT2D eigenvalue weighted by Gasteiger charge is -2.09. The van der Waals surface area contributed by atoms with E-state index in [1.54, 1.807) is 11.3 Å². The van der Waals surface area contributed by atoms with Gasteiger partial charge in [-0.3, -0.25) is 4.79 Å². The predicted molar refractivity (Wildman–Crippen MR) is 67.4 cm³/mol.